The van der Waals surface area contributed by atoms with Crippen molar-refractivity contribution in [1.29, 1.82) is 0 Å². The molecular weight excluding hydrogens is 1410 g/mol. The van der Waals surface area contributed by atoms with Crippen LogP contribution in [-0.2, 0) is 81.7 Å². The van der Waals surface area contributed by atoms with E-state index in [0.717, 1.165) is 0 Å². The minimum absolute atomic E-state index is 0. The van der Waals surface area contributed by atoms with Crippen molar-refractivity contribution in [3.8, 4) is 0 Å². The monoisotopic (exact) mass is 1480 g/mol. The molecule has 0 saturated carbocycles. The molecule has 80 heavy (non-hydrogen) atoms. The molecule has 4 atom stereocenters. The smallest absolute Gasteiger partial charge is 0 e. The van der Waals surface area contributed by atoms with Gasteiger partial charge in [0.25, 0.3) is 0 Å². The van der Waals surface area contributed by atoms with Crippen molar-refractivity contribution in [2.45, 2.75) is 0 Å². The average molecular weight is 1490 g/mol. The van der Waals surface area contributed by atoms with E-state index in [-0.39, 0.29) is 121 Å². The molecule has 0 aliphatic carbocycles. The van der Waals surface area contributed by atoms with Crippen LogP contribution in [0.15, 0.2) is 364 Å². The van der Waals surface area contributed by atoms with Gasteiger partial charge in [-0.2, -0.15) is 476 Å². The second kappa shape index (κ2) is 87.9. The van der Waals surface area contributed by atoms with Crippen molar-refractivity contribution in [3.63, 3.8) is 0 Å². The second-order valence-corrected chi connectivity index (χ2v) is 12.9. The first kappa shape index (κ1) is 91.5. The van der Waals surface area contributed by atoms with E-state index >= 15 is 0 Å². The topological polar surface area (TPSA) is 0 Å². The summed E-state index contributed by atoms with van der Waals surface area (Å²) in [7, 11) is 0. The Bertz CT molecular complexity index is 1590. The van der Waals surface area contributed by atoms with Crippen LogP contribution < -0.4 is 0 Å². The van der Waals surface area contributed by atoms with Gasteiger partial charge >= 0.3 is 0 Å². The van der Waals surface area contributed by atoms with Gasteiger partial charge in [0.2, 0.25) is 0 Å². The minimum Gasteiger partial charge on any atom is -0.184 e. The van der Waals surface area contributed by atoms with E-state index < -0.39 is 0 Å². The standard InChI is InChI=1S/12C6H5.4H3P.4Pd/c12*1-2-4-6-5-3-1;;;;;;;;/h12*1-5H;4*1H3;;;;/q12*-1;;;;;;;;. The van der Waals surface area contributed by atoms with E-state index in [1.165, 1.54) is 0 Å². The Labute approximate surface area is 552 Å². The third-order valence-corrected chi connectivity index (χ3v) is 7.29. The Morgan fingerprint density at radius 3 is 0.150 bits per heavy atom. The molecule has 4 unspecified atom stereocenters. The van der Waals surface area contributed by atoms with Gasteiger partial charge in [0.15, 0.2) is 0 Å². The molecular formula is C72H72P4Pd4-12. The zero-order valence-corrected chi connectivity index (χ0v) is 56.6. The van der Waals surface area contributed by atoms with Gasteiger partial charge in [-0.25, -0.2) is 0 Å². The van der Waals surface area contributed by atoms with Crippen LogP contribution in [-0.4, -0.2) is 0 Å². The summed E-state index contributed by atoms with van der Waals surface area (Å²) in [5, 5.41) is 0. The van der Waals surface area contributed by atoms with E-state index in [1.54, 1.807) is 0 Å². The summed E-state index contributed by atoms with van der Waals surface area (Å²) in [6, 6.07) is 150. The van der Waals surface area contributed by atoms with Gasteiger partial charge in [-0.15, -0.1) is 0 Å². The summed E-state index contributed by atoms with van der Waals surface area (Å²) in [6.45, 7) is 0. The molecule has 8 heteroatoms. The molecule has 0 saturated heterocycles. The molecule has 12 rings (SSSR count). The summed E-state index contributed by atoms with van der Waals surface area (Å²) in [5.41, 5.74) is 0. The number of hydrogen-bond acceptors (Lipinski definition) is 0. The molecule has 0 bridgehead atoms. The van der Waals surface area contributed by atoms with Crippen LogP contribution >= 0.6 is 39.6 Å². The van der Waals surface area contributed by atoms with Crippen molar-refractivity contribution >= 4 is 39.6 Å². The Morgan fingerprint density at radius 1 is 0.0875 bits per heavy atom. The molecule has 432 valence electrons. The van der Waals surface area contributed by atoms with E-state index in [2.05, 4.69) is 72.8 Å². The summed E-state index contributed by atoms with van der Waals surface area (Å²) in [5.74, 6) is 0. The quantitative estimate of drug-likeness (QED) is 0.0806. The third-order valence-electron chi connectivity index (χ3n) is 7.29. The fourth-order valence-corrected chi connectivity index (χ4v) is 4.10. The number of hydrogen-bond donors (Lipinski definition) is 0. The van der Waals surface area contributed by atoms with Crippen LogP contribution in [0, 0.1) is 72.8 Å². The Kier molecular flexibility index (Phi) is 100. The van der Waals surface area contributed by atoms with Gasteiger partial charge in [0.1, 0.15) is 0 Å². The maximum absolute atomic E-state index is 2.89. The van der Waals surface area contributed by atoms with Crippen LogP contribution in [0.25, 0.3) is 0 Å². The molecule has 0 N–H and O–H groups in total. The molecule has 12 aromatic carbocycles. The van der Waals surface area contributed by atoms with Gasteiger partial charge in [-0.05, 0) is 0 Å². The number of benzene rings is 12. The zero-order chi connectivity index (χ0) is 50.9. The maximum Gasteiger partial charge on any atom is 0 e. The number of rotatable bonds is 0. The van der Waals surface area contributed by atoms with Crippen molar-refractivity contribution in [2.75, 3.05) is 0 Å². The fourth-order valence-electron chi connectivity index (χ4n) is 4.10. The van der Waals surface area contributed by atoms with Crippen LogP contribution in [0.1, 0.15) is 0 Å². The first-order valence-corrected chi connectivity index (χ1v) is 22.9. The summed E-state index contributed by atoms with van der Waals surface area (Å²) < 4.78 is 0. The first-order valence-electron chi connectivity index (χ1n) is 22.9. The van der Waals surface area contributed by atoms with Crippen molar-refractivity contribution in [3.05, 3.63) is 437 Å². The Balaban J connectivity index is -0.000000117. The van der Waals surface area contributed by atoms with Gasteiger partial charge in [0.05, 0.1) is 0 Å². The third kappa shape index (κ3) is 84.3. The SMILES string of the molecule is P.P.P.P.[Pd].[Pd].[Pd].[Pd].[c-]1ccccc1.[c-]1ccccc1.[c-]1ccccc1.[c-]1ccccc1.[c-]1ccccc1.[c-]1ccccc1.[c-]1ccccc1.[c-]1ccccc1.[c-]1ccccc1.[c-]1ccccc1.[c-]1ccccc1.[c-]1ccccc1. The summed E-state index contributed by atoms with van der Waals surface area (Å²) in [6.07, 6.45) is 0. The van der Waals surface area contributed by atoms with Crippen LogP contribution in [0.2, 0.25) is 0 Å². The van der Waals surface area contributed by atoms with Gasteiger partial charge in [0, 0.05) is 81.7 Å². The van der Waals surface area contributed by atoms with Crippen molar-refractivity contribution in [1.82, 2.24) is 0 Å². The van der Waals surface area contributed by atoms with Crippen molar-refractivity contribution < 1.29 is 81.7 Å². The predicted molar refractivity (Wildman–Crippen MR) is 348 cm³/mol. The predicted octanol–water partition coefficient (Wildman–Crippen LogP) is 18.1. The van der Waals surface area contributed by atoms with Gasteiger partial charge < -0.3 is 0 Å². The molecule has 0 nitrogen and oxygen atoms in total. The Hall–Kier alpha value is -4.99. The molecule has 0 aliphatic rings. The summed E-state index contributed by atoms with van der Waals surface area (Å²) >= 11 is 0. The molecule has 0 aromatic heterocycles. The summed E-state index contributed by atoms with van der Waals surface area (Å²) in [4.78, 5) is 0. The molecule has 0 spiro atoms. The van der Waals surface area contributed by atoms with E-state index in [0.29, 0.717) is 0 Å². The van der Waals surface area contributed by atoms with E-state index in [1.807, 2.05) is 364 Å². The first-order chi connectivity index (χ1) is 36.0. The van der Waals surface area contributed by atoms with E-state index in [4.69, 9.17) is 0 Å². The molecule has 0 fully saturated rings. The molecule has 0 heterocycles. The second-order valence-electron chi connectivity index (χ2n) is 12.9. The molecule has 0 amide bonds. The largest absolute Gasteiger partial charge is 0.184 e. The zero-order valence-electron chi connectivity index (χ0n) is 44.7. The Morgan fingerprint density at radius 2 is 0.138 bits per heavy atom. The van der Waals surface area contributed by atoms with E-state index in [9.17, 15) is 0 Å². The maximum atomic E-state index is 2.89. The van der Waals surface area contributed by atoms with Gasteiger partial charge in [-0.1, -0.05) is 0 Å². The van der Waals surface area contributed by atoms with Crippen LogP contribution in [0.4, 0.5) is 0 Å². The molecule has 0 radical (unpaired) electrons. The van der Waals surface area contributed by atoms with Crippen molar-refractivity contribution in [2.24, 2.45) is 0 Å². The molecule has 0 aliphatic heterocycles. The van der Waals surface area contributed by atoms with Gasteiger partial charge in [-0.3, -0.25) is 0 Å². The van der Waals surface area contributed by atoms with Crippen LogP contribution in [0.5, 0.6) is 0 Å². The average Bonchev–Trinajstić information content (AvgIpc) is 3.54. The molecule has 12 aromatic rings. The van der Waals surface area contributed by atoms with Crippen LogP contribution in [0.3, 0.4) is 0 Å². The fraction of sp³-hybridized carbons (Fsp3) is 0. The normalized spacial score (nSPS) is 7.20. The minimum atomic E-state index is 0.